The Hall–Kier alpha value is -2.29. The highest BCUT2D eigenvalue weighted by atomic mass is 16.6. The highest BCUT2D eigenvalue weighted by Gasteiger charge is 2.50. The molecule has 3 aliphatic heterocycles. The molecular weight excluding hydrogens is 384 g/mol. The second kappa shape index (κ2) is 7.14. The minimum Gasteiger partial charge on any atom is -0.624 e. The van der Waals surface area contributed by atoms with Gasteiger partial charge in [-0.15, -0.1) is 0 Å². The average Bonchev–Trinajstić information content (AvgIpc) is 2.97. The molecule has 8 heteroatoms. The Morgan fingerprint density at radius 1 is 1.17 bits per heavy atom. The lowest BCUT2D eigenvalue weighted by atomic mass is 9.58. The van der Waals surface area contributed by atoms with Crippen LogP contribution in [0.4, 0.5) is 5.69 Å². The minimum absolute atomic E-state index is 0.0656. The zero-order valence-electron chi connectivity index (χ0n) is 17.0. The maximum Gasteiger partial charge on any atom is 0.347 e. The molecule has 160 valence electrons. The Kier molecular flexibility index (Phi) is 4.68. The number of amides is 3. The number of piperidine rings is 2. The summed E-state index contributed by atoms with van der Waals surface area (Å²) in [5.41, 5.74) is 2.41. The number of benzene rings is 1. The quantitative estimate of drug-likeness (QED) is 0.394. The number of anilines is 1. The van der Waals surface area contributed by atoms with Crippen LogP contribution < -0.4 is 16.0 Å². The van der Waals surface area contributed by atoms with Crippen LogP contribution in [-0.2, 0) is 16.1 Å². The van der Waals surface area contributed by atoms with Gasteiger partial charge in [-0.3, -0.25) is 19.6 Å². The largest absolute Gasteiger partial charge is 0.624 e. The van der Waals surface area contributed by atoms with Gasteiger partial charge in [-0.2, -0.15) is 0 Å². The average molecular weight is 412 g/mol. The number of nitrogens with one attached hydrogen (secondary N) is 3. The highest BCUT2D eigenvalue weighted by molar-refractivity contribution is 6.02. The van der Waals surface area contributed by atoms with Gasteiger partial charge in [0.2, 0.25) is 5.91 Å². The maximum atomic E-state index is 13.5. The smallest absolute Gasteiger partial charge is 0.347 e. The number of rotatable bonds is 4. The summed E-state index contributed by atoms with van der Waals surface area (Å²) in [4.78, 5) is 36.7. The van der Waals surface area contributed by atoms with Crippen LogP contribution in [0.25, 0.3) is 0 Å². The summed E-state index contributed by atoms with van der Waals surface area (Å²) in [7, 11) is 0. The number of fused-ring (bicyclic) bond motifs is 1. The molecule has 2 unspecified atom stereocenters. The van der Waals surface area contributed by atoms with E-state index in [0.717, 1.165) is 25.3 Å². The SMILES string of the molecule is O=C1CCC([N+]2([O-])Cc3c(NCC4CC5(CCNCC5)C4)cccc3C2=O)C(=O)N1. The van der Waals surface area contributed by atoms with E-state index in [1.807, 2.05) is 6.07 Å². The molecule has 3 N–H and O–H groups in total. The predicted molar refractivity (Wildman–Crippen MR) is 110 cm³/mol. The van der Waals surface area contributed by atoms with Crippen molar-refractivity contribution in [2.24, 2.45) is 11.3 Å². The van der Waals surface area contributed by atoms with Crippen molar-refractivity contribution < 1.29 is 19.0 Å². The molecule has 5 rings (SSSR count). The molecule has 30 heavy (non-hydrogen) atoms. The predicted octanol–water partition coefficient (Wildman–Crippen LogP) is 1.65. The van der Waals surface area contributed by atoms with Gasteiger partial charge >= 0.3 is 5.91 Å². The van der Waals surface area contributed by atoms with E-state index >= 15 is 0 Å². The molecule has 2 atom stereocenters. The van der Waals surface area contributed by atoms with Crippen LogP contribution in [0, 0.1) is 16.5 Å². The third-order valence-electron chi connectivity index (χ3n) is 7.55. The van der Waals surface area contributed by atoms with Crippen molar-refractivity contribution >= 4 is 23.4 Å². The molecule has 0 aromatic heterocycles. The van der Waals surface area contributed by atoms with Crippen molar-refractivity contribution in [1.82, 2.24) is 10.6 Å². The summed E-state index contributed by atoms with van der Waals surface area (Å²) in [5.74, 6) is -1.00. The van der Waals surface area contributed by atoms with Gasteiger partial charge in [-0.05, 0) is 62.2 Å². The van der Waals surface area contributed by atoms with E-state index in [1.165, 1.54) is 25.7 Å². The molecule has 3 heterocycles. The van der Waals surface area contributed by atoms with E-state index < -0.39 is 22.5 Å². The van der Waals surface area contributed by atoms with Gasteiger partial charge < -0.3 is 15.8 Å². The third kappa shape index (κ3) is 3.14. The fourth-order valence-corrected chi connectivity index (χ4v) is 5.89. The van der Waals surface area contributed by atoms with Crippen molar-refractivity contribution in [3.8, 4) is 0 Å². The Labute approximate surface area is 175 Å². The Bertz CT molecular complexity index is 902. The van der Waals surface area contributed by atoms with Gasteiger partial charge in [-0.1, -0.05) is 6.07 Å². The third-order valence-corrected chi connectivity index (χ3v) is 7.55. The fourth-order valence-electron chi connectivity index (χ4n) is 5.89. The molecule has 2 saturated heterocycles. The molecular formula is C22H28N4O4. The van der Waals surface area contributed by atoms with Crippen LogP contribution >= 0.6 is 0 Å². The van der Waals surface area contributed by atoms with Gasteiger partial charge in [0.15, 0.2) is 6.04 Å². The van der Waals surface area contributed by atoms with Crippen LogP contribution in [0.2, 0.25) is 0 Å². The maximum absolute atomic E-state index is 13.5. The van der Waals surface area contributed by atoms with Crippen LogP contribution in [0.3, 0.4) is 0 Å². The summed E-state index contributed by atoms with van der Waals surface area (Å²) in [6.07, 6.45) is 5.16. The van der Waals surface area contributed by atoms with Crippen molar-refractivity contribution in [2.45, 2.75) is 51.1 Å². The summed E-state index contributed by atoms with van der Waals surface area (Å²) in [6.45, 7) is 2.98. The van der Waals surface area contributed by atoms with E-state index in [9.17, 15) is 19.6 Å². The van der Waals surface area contributed by atoms with E-state index in [4.69, 9.17) is 0 Å². The summed E-state index contributed by atoms with van der Waals surface area (Å²) < 4.78 is -1.23. The molecule has 1 saturated carbocycles. The first-order valence-electron chi connectivity index (χ1n) is 10.9. The molecule has 1 aromatic carbocycles. The number of hydrogen-bond donors (Lipinski definition) is 3. The number of nitrogens with zero attached hydrogens (tertiary/aromatic N) is 1. The normalized spacial score (nSPS) is 30.7. The zero-order chi connectivity index (χ0) is 20.9. The minimum atomic E-state index is -1.23. The molecule has 8 nitrogen and oxygen atoms in total. The van der Waals surface area contributed by atoms with Crippen LogP contribution in [0.15, 0.2) is 18.2 Å². The first-order valence-corrected chi connectivity index (χ1v) is 10.9. The highest BCUT2D eigenvalue weighted by Crippen LogP contribution is 2.51. The van der Waals surface area contributed by atoms with Crippen LogP contribution in [-0.4, -0.2) is 48.0 Å². The number of carbonyl (C=O) groups is 3. The number of hydrogen-bond acceptors (Lipinski definition) is 6. The van der Waals surface area contributed by atoms with Crippen LogP contribution in [0.5, 0.6) is 0 Å². The molecule has 1 spiro atoms. The molecule has 1 aromatic rings. The summed E-state index contributed by atoms with van der Waals surface area (Å²) >= 11 is 0. The number of hydroxylamine groups is 3. The van der Waals surface area contributed by atoms with Crippen molar-refractivity contribution in [3.63, 3.8) is 0 Å². The van der Waals surface area contributed by atoms with Crippen molar-refractivity contribution in [2.75, 3.05) is 25.0 Å². The first-order chi connectivity index (χ1) is 14.4. The van der Waals surface area contributed by atoms with Gasteiger partial charge in [0.25, 0.3) is 5.91 Å². The molecule has 1 aliphatic carbocycles. The molecule has 3 fully saturated rings. The van der Waals surface area contributed by atoms with Crippen LogP contribution in [0.1, 0.15) is 54.4 Å². The first kappa shape index (κ1) is 19.7. The Morgan fingerprint density at radius 2 is 1.93 bits per heavy atom. The van der Waals surface area contributed by atoms with Gasteiger partial charge in [0, 0.05) is 30.6 Å². The van der Waals surface area contributed by atoms with Gasteiger partial charge in [-0.25, -0.2) is 4.79 Å². The summed E-state index contributed by atoms with van der Waals surface area (Å²) in [5, 5.41) is 22.6. The van der Waals surface area contributed by atoms with E-state index in [0.29, 0.717) is 22.5 Å². The monoisotopic (exact) mass is 412 g/mol. The topological polar surface area (TPSA) is 110 Å². The summed E-state index contributed by atoms with van der Waals surface area (Å²) in [6, 6.07) is 4.29. The Morgan fingerprint density at radius 3 is 2.67 bits per heavy atom. The lowest BCUT2D eigenvalue weighted by Crippen LogP contribution is -2.60. The van der Waals surface area contributed by atoms with Gasteiger partial charge in [0.05, 0.1) is 5.56 Å². The molecule has 0 radical (unpaired) electrons. The zero-order valence-corrected chi connectivity index (χ0v) is 17.0. The Balaban J connectivity index is 1.28. The lowest BCUT2D eigenvalue weighted by molar-refractivity contribution is -0.825. The molecule has 0 bridgehead atoms. The lowest BCUT2D eigenvalue weighted by Gasteiger charge is -2.50. The molecule has 3 amide bonds. The second-order valence-corrected chi connectivity index (χ2v) is 9.46. The molecule has 4 aliphatic rings. The van der Waals surface area contributed by atoms with E-state index in [-0.39, 0.29) is 25.3 Å². The van der Waals surface area contributed by atoms with E-state index in [1.54, 1.807) is 12.1 Å². The van der Waals surface area contributed by atoms with Crippen molar-refractivity contribution in [1.29, 1.82) is 0 Å². The number of quaternary nitrogens is 1. The van der Waals surface area contributed by atoms with Gasteiger partial charge in [0.1, 0.15) is 6.54 Å². The fraction of sp³-hybridized carbons (Fsp3) is 0.591. The number of carbonyl (C=O) groups excluding carboxylic acids is 3. The number of imide groups is 1. The second-order valence-electron chi connectivity index (χ2n) is 9.46. The van der Waals surface area contributed by atoms with E-state index in [2.05, 4.69) is 16.0 Å². The van der Waals surface area contributed by atoms with Crippen molar-refractivity contribution in [3.05, 3.63) is 34.5 Å². The standard InChI is InChI=1S/C22H28N4O4/c27-19-5-4-18(20(28)25-19)26(30)13-16-15(21(26)29)2-1-3-17(16)24-12-14-10-22(11-14)6-8-23-9-7-22/h1-3,14,18,23-24H,4-13H2,(H,25,27,28).